The lowest BCUT2D eigenvalue weighted by atomic mass is 10.1. The van der Waals surface area contributed by atoms with Gasteiger partial charge in [-0.05, 0) is 25.9 Å². The minimum atomic E-state index is -0.341. The fraction of sp³-hybridized carbons (Fsp3) is 0.667. The highest BCUT2D eigenvalue weighted by atomic mass is 35.5. The van der Waals surface area contributed by atoms with E-state index in [4.69, 9.17) is 4.74 Å². The second-order valence-corrected chi connectivity index (χ2v) is 3.06. The van der Waals surface area contributed by atoms with Gasteiger partial charge in [0, 0.05) is 6.04 Å². The number of hydrogen-bond acceptors (Lipinski definition) is 3. The third kappa shape index (κ3) is 5.09. The Bertz CT molecular complexity index is 182. The first-order valence-electron chi connectivity index (χ1n) is 4.58. The molecule has 0 aromatic carbocycles. The molecule has 0 spiro atoms. The molecule has 0 bridgehead atoms. The predicted molar refractivity (Wildman–Crippen MR) is 57.8 cm³/mol. The summed E-state index contributed by atoms with van der Waals surface area (Å²) in [6.07, 6.45) is 3.17. The molecule has 1 heterocycles. The number of nitrogens with one attached hydrogen (secondary N) is 2. The summed E-state index contributed by atoms with van der Waals surface area (Å²) in [7, 11) is 0. The number of carbonyl (C=O) groups excluding carboxylic acids is 1. The van der Waals surface area contributed by atoms with E-state index in [-0.39, 0.29) is 31.1 Å². The van der Waals surface area contributed by atoms with E-state index in [1.807, 2.05) is 0 Å². The average molecular weight is 221 g/mol. The summed E-state index contributed by atoms with van der Waals surface area (Å²) in [6.45, 7) is 5.67. The summed E-state index contributed by atoms with van der Waals surface area (Å²) in [6, 6.07) is 0.263. The third-order valence-electron chi connectivity index (χ3n) is 1.99. The highest BCUT2D eigenvalue weighted by molar-refractivity contribution is 5.85. The molecule has 0 aromatic heterocycles. The number of ether oxygens (including phenoxy) is 1. The fourth-order valence-electron chi connectivity index (χ4n) is 1.31. The average Bonchev–Trinajstić information content (AvgIpc) is 2.16. The van der Waals surface area contributed by atoms with Crippen molar-refractivity contribution >= 4 is 18.5 Å². The van der Waals surface area contributed by atoms with Gasteiger partial charge in [0.25, 0.3) is 0 Å². The van der Waals surface area contributed by atoms with Crippen LogP contribution in [-0.2, 0) is 4.74 Å². The fourth-order valence-corrected chi connectivity index (χ4v) is 1.31. The first-order chi connectivity index (χ1) is 6.33. The zero-order valence-corrected chi connectivity index (χ0v) is 8.94. The summed E-state index contributed by atoms with van der Waals surface area (Å²) >= 11 is 0. The minimum absolute atomic E-state index is 0. The number of carbonyl (C=O) groups is 1. The maximum absolute atomic E-state index is 11.1. The van der Waals surface area contributed by atoms with Crippen LogP contribution in [0.2, 0.25) is 0 Å². The topological polar surface area (TPSA) is 50.4 Å². The van der Waals surface area contributed by atoms with Crippen molar-refractivity contribution in [3.8, 4) is 0 Å². The number of alkyl carbamates (subject to hydrolysis) is 1. The lowest BCUT2D eigenvalue weighted by Crippen LogP contribution is -2.42. The zero-order chi connectivity index (χ0) is 9.52. The normalized spacial score (nSPS) is 16.6. The van der Waals surface area contributed by atoms with Crippen molar-refractivity contribution in [3.05, 3.63) is 12.7 Å². The highest BCUT2D eigenvalue weighted by Crippen LogP contribution is 2.01. The van der Waals surface area contributed by atoms with Crippen LogP contribution in [0.3, 0.4) is 0 Å². The van der Waals surface area contributed by atoms with Crippen LogP contribution in [0.1, 0.15) is 12.8 Å². The molecule has 82 valence electrons. The van der Waals surface area contributed by atoms with E-state index >= 15 is 0 Å². The van der Waals surface area contributed by atoms with E-state index in [2.05, 4.69) is 17.2 Å². The first kappa shape index (κ1) is 13.3. The third-order valence-corrected chi connectivity index (χ3v) is 1.99. The summed E-state index contributed by atoms with van der Waals surface area (Å²) < 4.78 is 4.81. The van der Waals surface area contributed by atoms with Crippen molar-refractivity contribution in [3.63, 3.8) is 0 Å². The van der Waals surface area contributed by atoms with E-state index in [1.54, 1.807) is 6.08 Å². The van der Waals surface area contributed by atoms with Gasteiger partial charge >= 0.3 is 6.09 Å². The van der Waals surface area contributed by atoms with Crippen LogP contribution in [-0.4, -0.2) is 31.8 Å². The maximum Gasteiger partial charge on any atom is 0.407 e. The molecule has 0 aromatic rings. The minimum Gasteiger partial charge on any atom is -0.445 e. The lowest BCUT2D eigenvalue weighted by Gasteiger charge is -2.23. The van der Waals surface area contributed by atoms with Crippen LogP contribution < -0.4 is 10.6 Å². The summed E-state index contributed by atoms with van der Waals surface area (Å²) in [5.41, 5.74) is 0. The molecular weight excluding hydrogens is 204 g/mol. The molecule has 0 atom stereocenters. The van der Waals surface area contributed by atoms with E-state index in [9.17, 15) is 4.79 Å². The van der Waals surface area contributed by atoms with Crippen molar-refractivity contribution < 1.29 is 9.53 Å². The molecule has 1 amide bonds. The van der Waals surface area contributed by atoms with Gasteiger partial charge in [0.05, 0.1) is 0 Å². The number of rotatable bonds is 3. The van der Waals surface area contributed by atoms with Gasteiger partial charge in [-0.25, -0.2) is 4.79 Å². The first-order valence-corrected chi connectivity index (χ1v) is 4.58. The smallest absolute Gasteiger partial charge is 0.407 e. The van der Waals surface area contributed by atoms with Gasteiger partial charge in [0.15, 0.2) is 0 Å². The van der Waals surface area contributed by atoms with Gasteiger partial charge in [-0.2, -0.15) is 0 Å². The molecule has 4 nitrogen and oxygen atoms in total. The van der Waals surface area contributed by atoms with E-state index in [0.717, 1.165) is 25.9 Å². The Morgan fingerprint density at radius 2 is 2.21 bits per heavy atom. The Morgan fingerprint density at radius 3 is 2.79 bits per heavy atom. The van der Waals surface area contributed by atoms with Crippen LogP contribution in [0.25, 0.3) is 0 Å². The van der Waals surface area contributed by atoms with Crippen molar-refractivity contribution in [2.75, 3.05) is 19.7 Å². The van der Waals surface area contributed by atoms with Crippen LogP contribution >= 0.6 is 12.4 Å². The largest absolute Gasteiger partial charge is 0.445 e. The molecule has 1 rings (SSSR count). The number of hydrogen-bond donors (Lipinski definition) is 2. The summed E-state index contributed by atoms with van der Waals surface area (Å²) in [5, 5.41) is 6.03. The number of halogens is 1. The molecule has 5 heteroatoms. The monoisotopic (exact) mass is 220 g/mol. The van der Waals surface area contributed by atoms with E-state index in [1.165, 1.54) is 0 Å². The Balaban J connectivity index is 0.00000169. The van der Waals surface area contributed by atoms with E-state index < -0.39 is 0 Å². The molecule has 0 aliphatic carbocycles. The van der Waals surface area contributed by atoms with Crippen LogP contribution in [0.4, 0.5) is 4.79 Å². The number of piperidine rings is 1. The molecule has 1 aliphatic heterocycles. The lowest BCUT2D eigenvalue weighted by molar-refractivity contribution is 0.151. The highest BCUT2D eigenvalue weighted by Gasteiger charge is 2.15. The zero-order valence-electron chi connectivity index (χ0n) is 8.12. The summed E-state index contributed by atoms with van der Waals surface area (Å²) in [4.78, 5) is 11.1. The van der Waals surface area contributed by atoms with Crippen molar-refractivity contribution in [2.24, 2.45) is 0 Å². The molecular formula is C9H17ClN2O2. The van der Waals surface area contributed by atoms with Crippen LogP contribution in [0, 0.1) is 0 Å². The standard InChI is InChI=1S/C9H16N2O2.ClH/c1-2-7-13-9(12)11-8-3-5-10-6-4-8;/h2,8,10H,1,3-7H2,(H,11,12);1H. The van der Waals surface area contributed by atoms with Crippen LogP contribution in [0.5, 0.6) is 0 Å². The number of amides is 1. The molecule has 0 unspecified atom stereocenters. The Kier molecular flexibility index (Phi) is 7.24. The second kappa shape index (κ2) is 7.64. The second-order valence-electron chi connectivity index (χ2n) is 3.06. The predicted octanol–water partition coefficient (Wildman–Crippen LogP) is 1.07. The van der Waals surface area contributed by atoms with Gasteiger partial charge in [-0.15, -0.1) is 12.4 Å². The molecule has 14 heavy (non-hydrogen) atoms. The van der Waals surface area contributed by atoms with Crippen LogP contribution in [0.15, 0.2) is 12.7 Å². The van der Waals surface area contributed by atoms with Gasteiger partial charge in [-0.1, -0.05) is 12.7 Å². The van der Waals surface area contributed by atoms with Crippen molar-refractivity contribution in [1.29, 1.82) is 0 Å². The van der Waals surface area contributed by atoms with Gasteiger partial charge in [0.2, 0.25) is 0 Å². The van der Waals surface area contributed by atoms with Crippen molar-refractivity contribution in [2.45, 2.75) is 18.9 Å². The quantitative estimate of drug-likeness (QED) is 0.700. The molecule has 1 saturated heterocycles. The Morgan fingerprint density at radius 1 is 1.57 bits per heavy atom. The van der Waals surface area contributed by atoms with Gasteiger partial charge in [0.1, 0.15) is 6.61 Å². The Labute approximate surface area is 90.5 Å². The molecule has 1 aliphatic rings. The molecule has 0 saturated carbocycles. The SMILES string of the molecule is C=CCOC(=O)NC1CCNCC1.Cl. The van der Waals surface area contributed by atoms with E-state index in [0.29, 0.717) is 0 Å². The maximum atomic E-state index is 11.1. The molecule has 1 fully saturated rings. The summed E-state index contributed by atoms with van der Waals surface area (Å²) in [5.74, 6) is 0. The van der Waals surface area contributed by atoms with Gasteiger partial charge in [-0.3, -0.25) is 0 Å². The van der Waals surface area contributed by atoms with Crippen molar-refractivity contribution in [1.82, 2.24) is 10.6 Å². The molecule has 2 N–H and O–H groups in total. The molecule has 0 radical (unpaired) electrons. The van der Waals surface area contributed by atoms with Gasteiger partial charge < -0.3 is 15.4 Å². The Hall–Kier alpha value is -0.740.